The third-order valence-corrected chi connectivity index (χ3v) is 6.02. The minimum Gasteiger partial charge on any atom is -0.465 e. The highest BCUT2D eigenvalue weighted by Crippen LogP contribution is 2.24. The Bertz CT molecular complexity index is 1080. The highest BCUT2D eigenvalue weighted by atomic mass is 35.5. The standard InChI is InChI=1S/C24H26Cl2N6O2/c1-31(24(33)34)13-11-19-15-32(30-23(19)18-4-8-21(26)9-5-18)22(14-28-16-27)29-12-10-17-2-6-20(25)7-3-17/h2-9,19,28H,10-15H2,1H3,(H,33,34). The molecule has 178 valence electrons. The highest BCUT2D eigenvalue weighted by Gasteiger charge is 2.30. The first kappa shape index (κ1) is 25.3. The van der Waals surface area contributed by atoms with Crippen molar-refractivity contribution >= 4 is 40.8 Å². The Labute approximate surface area is 209 Å². The van der Waals surface area contributed by atoms with Crippen molar-refractivity contribution in [1.29, 1.82) is 5.26 Å². The van der Waals surface area contributed by atoms with Gasteiger partial charge in [0.05, 0.1) is 18.8 Å². The summed E-state index contributed by atoms with van der Waals surface area (Å²) >= 11 is 12.0. The molecule has 8 nitrogen and oxygen atoms in total. The fourth-order valence-corrected chi connectivity index (χ4v) is 3.86. The summed E-state index contributed by atoms with van der Waals surface area (Å²) in [5.41, 5.74) is 2.88. The molecule has 2 N–H and O–H groups in total. The average Bonchev–Trinajstić information content (AvgIpc) is 3.25. The third kappa shape index (κ3) is 7.11. The molecule has 0 aliphatic carbocycles. The van der Waals surface area contributed by atoms with Gasteiger partial charge in [0.1, 0.15) is 5.84 Å². The topological polar surface area (TPSA) is 104 Å². The van der Waals surface area contributed by atoms with Crippen LogP contribution in [0.3, 0.4) is 0 Å². The summed E-state index contributed by atoms with van der Waals surface area (Å²) in [5, 5.41) is 28.9. The predicted octanol–water partition coefficient (Wildman–Crippen LogP) is 4.34. The molecule has 0 saturated carbocycles. The van der Waals surface area contributed by atoms with Gasteiger partial charge in [0.25, 0.3) is 0 Å². The Morgan fingerprint density at radius 2 is 1.88 bits per heavy atom. The number of aliphatic imine (C=N–C) groups is 1. The molecule has 1 aliphatic rings. The van der Waals surface area contributed by atoms with Gasteiger partial charge in [0.2, 0.25) is 0 Å². The van der Waals surface area contributed by atoms with Crippen molar-refractivity contribution in [3.8, 4) is 6.19 Å². The van der Waals surface area contributed by atoms with Gasteiger partial charge in [-0.15, -0.1) is 0 Å². The molecule has 0 saturated heterocycles. The Morgan fingerprint density at radius 1 is 1.24 bits per heavy atom. The van der Waals surface area contributed by atoms with E-state index in [1.54, 1.807) is 19.2 Å². The molecule has 0 fully saturated rings. The van der Waals surface area contributed by atoms with Crippen LogP contribution in [0, 0.1) is 17.4 Å². The van der Waals surface area contributed by atoms with Crippen molar-refractivity contribution in [2.45, 2.75) is 12.8 Å². The minimum absolute atomic E-state index is 0.00785. The van der Waals surface area contributed by atoms with E-state index in [0.717, 1.165) is 23.3 Å². The van der Waals surface area contributed by atoms with E-state index >= 15 is 0 Å². The molecule has 1 unspecified atom stereocenters. The second-order valence-electron chi connectivity index (χ2n) is 7.90. The average molecular weight is 501 g/mol. The van der Waals surface area contributed by atoms with E-state index in [2.05, 4.69) is 5.32 Å². The first-order valence-electron chi connectivity index (χ1n) is 10.8. The van der Waals surface area contributed by atoms with Crippen molar-refractivity contribution in [2.75, 3.05) is 33.2 Å². The molecule has 10 heteroatoms. The summed E-state index contributed by atoms with van der Waals surface area (Å²) < 4.78 is 0. The van der Waals surface area contributed by atoms with Gasteiger partial charge in [-0.1, -0.05) is 47.5 Å². The van der Waals surface area contributed by atoms with Crippen molar-refractivity contribution in [1.82, 2.24) is 15.2 Å². The molecule has 0 radical (unpaired) electrons. The number of nitrogens with one attached hydrogen (secondary N) is 1. The van der Waals surface area contributed by atoms with Crippen LogP contribution in [0.1, 0.15) is 17.5 Å². The van der Waals surface area contributed by atoms with Gasteiger partial charge in [0, 0.05) is 36.1 Å². The number of carboxylic acid groups (broad SMARTS) is 1. The van der Waals surface area contributed by atoms with Gasteiger partial charge < -0.3 is 15.3 Å². The molecule has 0 aromatic heterocycles. The quantitative estimate of drug-likeness (QED) is 0.230. The number of carbonyl (C=O) groups is 1. The van der Waals surface area contributed by atoms with Crippen LogP contribution >= 0.6 is 23.2 Å². The maximum Gasteiger partial charge on any atom is 0.407 e. The molecule has 1 aliphatic heterocycles. The zero-order valence-corrected chi connectivity index (χ0v) is 20.3. The number of hydrogen-bond acceptors (Lipinski definition) is 5. The number of nitriles is 1. The monoisotopic (exact) mass is 500 g/mol. The number of amidine groups is 1. The fourth-order valence-electron chi connectivity index (χ4n) is 3.61. The van der Waals surface area contributed by atoms with Crippen LogP contribution in [-0.2, 0) is 6.42 Å². The van der Waals surface area contributed by atoms with Crippen LogP contribution in [0.25, 0.3) is 0 Å². The Kier molecular flexibility index (Phi) is 9.14. The molecule has 0 spiro atoms. The van der Waals surface area contributed by atoms with Gasteiger partial charge in [-0.25, -0.2) is 9.80 Å². The zero-order chi connectivity index (χ0) is 24.5. The smallest absolute Gasteiger partial charge is 0.407 e. The molecular formula is C24H26Cl2N6O2. The molecule has 1 amide bonds. The SMILES string of the molecule is CN(CCC1CN(C(CNC#N)=NCCc2ccc(Cl)cc2)N=C1c1ccc(Cl)cc1)C(=O)O. The molecule has 2 aromatic rings. The number of hydrogen-bond donors (Lipinski definition) is 2. The number of amides is 1. The van der Waals surface area contributed by atoms with E-state index in [9.17, 15) is 9.90 Å². The van der Waals surface area contributed by atoms with E-state index < -0.39 is 6.09 Å². The maximum atomic E-state index is 11.2. The maximum absolute atomic E-state index is 11.2. The number of halogens is 2. The number of nitrogens with zero attached hydrogens (tertiary/aromatic N) is 5. The van der Waals surface area contributed by atoms with Crippen molar-refractivity contribution in [3.05, 3.63) is 69.7 Å². The van der Waals surface area contributed by atoms with Gasteiger partial charge in [0.15, 0.2) is 6.19 Å². The molecule has 1 atom stereocenters. The molecule has 3 rings (SSSR count). The lowest BCUT2D eigenvalue weighted by Gasteiger charge is -2.20. The lowest BCUT2D eigenvalue weighted by atomic mass is 9.94. The van der Waals surface area contributed by atoms with Gasteiger partial charge in [-0.05, 0) is 48.2 Å². The zero-order valence-electron chi connectivity index (χ0n) is 18.8. The van der Waals surface area contributed by atoms with E-state index in [1.807, 2.05) is 47.6 Å². The third-order valence-electron chi connectivity index (χ3n) is 5.52. The number of rotatable bonds is 9. The van der Waals surface area contributed by atoms with Crippen molar-refractivity contribution in [2.24, 2.45) is 16.0 Å². The normalized spacial score (nSPS) is 15.6. The Morgan fingerprint density at radius 3 is 2.50 bits per heavy atom. The van der Waals surface area contributed by atoms with Crippen LogP contribution in [0.5, 0.6) is 0 Å². The highest BCUT2D eigenvalue weighted by molar-refractivity contribution is 6.31. The summed E-state index contributed by atoms with van der Waals surface area (Å²) in [6.07, 6.45) is 2.30. The molecular weight excluding hydrogens is 475 g/mol. The van der Waals surface area contributed by atoms with E-state index in [1.165, 1.54) is 4.90 Å². The van der Waals surface area contributed by atoms with Crippen LogP contribution < -0.4 is 5.32 Å². The second-order valence-corrected chi connectivity index (χ2v) is 8.78. The van der Waals surface area contributed by atoms with E-state index in [-0.39, 0.29) is 12.5 Å². The van der Waals surface area contributed by atoms with Crippen LogP contribution in [-0.4, -0.2) is 65.9 Å². The summed E-state index contributed by atoms with van der Waals surface area (Å²) in [4.78, 5) is 17.2. The van der Waals surface area contributed by atoms with Crippen molar-refractivity contribution < 1.29 is 9.90 Å². The number of benzene rings is 2. The molecule has 1 heterocycles. The second kappa shape index (κ2) is 12.3. The summed E-state index contributed by atoms with van der Waals surface area (Å²) in [6.45, 7) is 1.69. The first-order valence-corrected chi connectivity index (χ1v) is 11.6. The summed E-state index contributed by atoms with van der Waals surface area (Å²) in [6, 6.07) is 15.1. The molecule has 2 aromatic carbocycles. The van der Waals surface area contributed by atoms with Crippen LogP contribution in [0.2, 0.25) is 10.0 Å². The van der Waals surface area contributed by atoms with Gasteiger partial charge in [-0.3, -0.25) is 4.99 Å². The largest absolute Gasteiger partial charge is 0.465 e. The lowest BCUT2D eigenvalue weighted by molar-refractivity contribution is 0.154. The molecule has 0 bridgehead atoms. The lowest BCUT2D eigenvalue weighted by Crippen LogP contribution is -2.35. The first-order chi connectivity index (χ1) is 16.4. The van der Waals surface area contributed by atoms with Crippen LogP contribution in [0.15, 0.2) is 58.6 Å². The van der Waals surface area contributed by atoms with Gasteiger partial charge >= 0.3 is 6.09 Å². The van der Waals surface area contributed by atoms with E-state index in [0.29, 0.717) is 41.9 Å². The summed E-state index contributed by atoms with van der Waals surface area (Å²) in [5.74, 6) is 0.641. The minimum atomic E-state index is -0.970. The Hall–Kier alpha value is -3.28. The predicted molar refractivity (Wildman–Crippen MR) is 135 cm³/mol. The van der Waals surface area contributed by atoms with Gasteiger partial charge in [-0.2, -0.15) is 10.4 Å². The Balaban J connectivity index is 1.80. The van der Waals surface area contributed by atoms with Crippen molar-refractivity contribution in [3.63, 3.8) is 0 Å². The van der Waals surface area contributed by atoms with Crippen LogP contribution in [0.4, 0.5) is 4.79 Å². The number of hydrazone groups is 1. The molecule has 34 heavy (non-hydrogen) atoms. The fraction of sp³-hybridized carbons (Fsp3) is 0.333. The van der Waals surface area contributed by atoms with E-state index in [4.69, 9.17) is 38.6 Å². The summed E-state index contributed by atoms with van der Waals surface area (Å²) in [7, 11) is 1.55.